The maximum atomic E-state index is 12.7. The van der Waals surface area contributed by atoms with Crippen molar-refractivity contribution in [1.29, 1.82) is 0 Å². The fourth-order valence-corrected chi connectivity index (χ4v) is 3.05. The minimum atomic E-state index is -4.34. The van der Waals surface area contributed by atoms with E-state index in [2.05, 4.69) is 0 Å². The van der Waals surface area contributed by atoms with Crippen LogP contribution in [0.4, 0.5) is 13.2 Å². The Morgan fingerprint density at radius 2 is 1.32 bits per heavy atom. The number of halogens is 3. The van der Waals surface area contributed by atoms with Gasteiger partial charge in [-0.25, -0.2) is 0 Å². The van der Waals surface area contributed by atoms with Gasteiger partial charge in [0.05, 0.1) is 5.56 Å². The lowest BCUT2D eigenvalue weighted by molar-refractivity contribution is -0.137. The predicted molar refractivity (Wildman–Crippen MR) is 77.6 cm³/mol. The molecule has 0 heterocycles. The van der Waals surface area contributed by atoms with Gasteiger partial charge >= 0.3 is 6.18 Å². The molecule has 0 N–H and O–H groups in total. The van der Waals surface area contributed by atoms with Crippen molar-refractivity contribution in [2.45, 2.75) is 31.4 Å². The fraction of sp³-hybridized carbons (Fsp3) is 0.278. The molecule has 0 saturated heterocycles. The fourth-order valence-electron chi connectivity index (χ4n) is 3.05. The average molecular weight is 304 g/mol. The van der Waals surface area contributed by atoms with E-state index in [9.17, 15) is 18.0 Å². The number of aryl methyl sites for hydroxylation is 1. The largest absolute Gasteiger partial charge is 0.416 e. The number of hydrogen-bond donors (Lipinski definition) is 0. The molecule has 0 unspecified atom stereocenters. The van der Waals surface area contributed by atoms with Crippen LogP contribution in [0.3, 0.4) is 0 Å². The molecule has 2 aromatic rings. The molecule has 3 rings (SSSR count). The summed E-state index contributed by atoms with van der Waals surface area (Å²) < 4.78 is 38.1. The quantitative estimate of drug-likeness (QED) is 0.788. The molecule has 1 saturated carbocycles. The highest BCUT2D eigenvalue weighted by atomic mass is 19.4. The van der Waals surface area contributed by atoms with E-state index in [1.807, 2.05) is 31.2 Å². The lowest BCUT2D eigenvalue weighted by Crippen LogP contribution is -2.42. The van der Waals surface area contributed by atoms with Gasteiger partial charge < -0.3 is 0 Å². The summed E-state index contributed by atoms with van der Waals surface area (Å²) in [5.41, 5.74) is 1.72. The summed E-state index contributed by atoms with van der Waals surface area (Å²) in [5, 5.41) is 0. The Hall–Kier alpha value is -2.10. The zero-order valence-electron chi connectivity index (χ0n) is 12.1. The smallest absolute Gasteiger partial charge is 0.300 e. The number of hydrogen-bond acceptors (Lipinski definition) is 1. The second-order valence-corrected chi connectivity index (χ2v) is 5.92. The molecule has 1 aliphatic carbocycles. The summed E-state index contributed by atoms with van der Waals surface area (Å²) in [5.74, 6) is 0.139. The Morgan fingerprint density at radius 1 is 0.864 bits per heavy atom. The number of alkyl halides is 3. The van der Waals surface area contributed by atoms with Gasteiger partial charge in [-0.3, -0.25) is 4.79 Å². The number of carbonyl (C=O) groups is 1. The molecule has 0 amide bonds. The SMILES string of the molecule is Cc1ccc(C2(c3ccc(C(F)(F)F)cc3)CC(=O)C2)cc1. The van der Waals surface area contributed by atoms with E-state index in [1.165, 1.54) is 12.1 Å². The number of Topliss-reactive ketones (excluding diaryl/α,β-unsaturated/α-hetero) is 1. The minimum Gasteiger partial charge on any atom is -0.300 e. The first kappa shape index (κ1) is 14.8. The number of ketones is 1. The molecule has 4 heteroatoms. The van der Waals surface area contributed by atoms with Crippen molar-refractivity contribution in [3.05, 3.63) is 70.8 Å². The highest BCUT2D eigenvalue weighted by molar-refractivity contribution is 5.90. The first-order valence-electron chi connectivity index (χ1n) is 7.08. The van der Waals surface area contributed by atoms with E-state index < -0.39 is 17.2 Å². The molecule has 0 atom stereocenters. The maximum absolute atomic E-state index is 12.7. The van der Waals surface area contributed by atoms with Crippen molar-refractivity contribution in [2.75, 3.05) is 0 Å². The van der Waals surface area contributed by atoms with E-state index in [1.54, 1.807) is 0 Å². The van der Waals surface area contributed by atoms with Gasteiger partial charge in [-0.2, -0.15) is 13.2 Å². The summed E-state index contributed by atoms with van der Waals surface area (Å²) in [4.78, 5) is 11.6. The lowest BCUT2D eigenvalue weighted by Gasteiger charge is -2.41. The van der Waals surface area contributed by atoms with Crippen LogP contribution in [0.25, 0.3) is 0 Å². The van der Waals surface area contributed by atoms with Gasteiger partial charge in [-0.1, -0.05) is 42.0 Å². The van der Waals surface area contributed by atoms with Gasteiger partial charge in [-0.15, -0.1) is 0 Å². The molecule has 0 aliphatic heterocycles. The van der Waals surface area contributed by atoms with Crippen molar-refractivity contribution >= 4 is 5.78 Å². The van der Waals surface area contributed by atoms with Crippen LogP contribution in [-0.2, 0) is 16.4 Å². The van der Waals surface area contributed by atoms with Crippen LogP contribution in [0.15, 0.2) is 48.5 Å². The number of benzene rings is 2. The molecule has 1 aliphatic rings. The summed E-state index contributed by atoms with van der Waals surface area (Å²) in [6.07, 6.45) is -3.65. The van der Waals surface area contributed by atoms with Crippen LogP contribution in [0.2, 0.25) is 0 Å². The summed E-state index contributed by atoms with van der Waals surface area (Å²) in [6.45, 7) is 1.97. The monoisotopic (exact) mass is 304 g/mol. The van der Waals surface area contributed by atoms with E-state index in [4.69, 9.17) is 0 Å². The van der Waals surface area contributed by atoms with Gasteiger partial charge in [0.25, 0.3) is 0 Å². The molecular weight excluding hydrogens is 289 g/mol. The summed E-state index contributed by atoms with van der Waals surface area (Å²) in [7, 11) is 0. The molecule has 0 bridgehead atoms. The third-order valence-corrected chi connectivity index (χ3v) is 4.37. The van der Waals surface area contributed by atoms with Crippen LogP contribution in [0.5, 0.6) is 0 Å². The Bertz CT molecular complexity index is 689. The molecular formula is C18H15F3O. The topological polar surface area (TPSA) is 17.1 Å². The van der Waals surface area contributed by atoms with Gasteiger partial charge in [0.1, 0.15) is 5.78 Å². The Morgan fingerprint density at radius 3 is 1.73 bits per heavy atom. The first-order valence-corrected chi connectivity index (χ1v) is 7.08. The molecule has 22 heavy (non-hydrogen) atoms. The molecule has 1 nitrogen and oxygen atoms in total. The molecule has 2 aromatic carbocycles. The predicted octanol–water partition coefficient (Wildman–Crippen LogP) is 4.66. The van der Waals surface area contributed by atoms with Crippen molar-refractivity contribution in [3.63, 3.8) is 0 Å². The van der Waals surface area contributed by atoms with Crippen molar-refractivity contribution in [2.24, 2.45) is 0 Å². The molecule has 0 aromatic heterocycles. The van der Waals surface area contributed by atoms with Gasteiger partial charge in [0, 0.05) is 18.3 Å². The Labute approximate surface area is 126 Å². The average Bonchev–Trinajstić information content (AvgIpc) is 2.44. The second-order valence-electron chi connectivity index (χ2n) is 5.92. The highest BCUT2D eigenvalue weighted by Crippen LogP contribution is 2.47. The van der Waals surface area contributed by atoms with E-state index >= 15 is 0 Å². The van der Waals surface area contributed by atoms with E-state index in [-0.39, 0.29) is 5.78 Å². The molecule has 114 valence electrons. The molecule has 0 spiro atoms. The van der Waals surface area contributed by atoms with Crippen LogP contribution in [0, 0.1) is 6.92 Å². The first-order chi connectivity index (χ1) is 10.3. The van der Waals surface area contributed by atoms with Crippen LogP contribution < -0.4 is 0 Å². The normalized spacial score (nSPS) is 17.2. The number of carbonyl (C=O) groups excluding carboxylic acids is 1. The Balaban J connectivity index is 2.01. The number of rotatable bonds is 2. The van der Waals surface area contributed by atoms with Crippen LogP contribution >= 0.6 is 0 Å². The van der Waals surface area contributed by atoms with Crippen molar-refractivity contribution in [1.82, 2.24) is 0 Å². The van der Waals surface area contributed by atoms with Crippen molar-refractivity contribution in [3.8, 4) is 0 Å². The molecule has 0 radical (unpaired) electrons. The van der Waals surface area contributed by atoms with Crippen LogP contribution in [0.1, 0.15) is 35.1 Å². The van der Waals surface area contributed by atoms with E-state index in [0.717, 1.165) is 28.8 Å². The standard InChI is InChI=1S/C18H15F3O/c1-12-2-4-13(5-3-12)17(10-16(22)11-17)14-6-8-15(9-7-14)18(19,20)21/h2-9H,10-11H2,1H3. The summed E-state index contributed by atoms with van der Waals surface area (Å²) in [6, 6.07) is 13.0. The van der Waals surface area contributed by atoms with E-state index in [0.29, 0.717) is 12.8 Å². The van der Waals surface area contributed by atoms with Crippen molar-refractivity contribution < 1.29 is 18.0 Å². The molecule has 1 fully saturated rings. The van der Waals surface area contributed by atoms with Gasteiger partial charge in [0.2, 0.25) is 0 Å². The zero-order valence-corrected chi connectivity index (χ0v) is 12.1. The zero-order chi connectivity index (χ0) is 16.0. The van der Waals surface area contributed by atoms with Gasteiger partial charge in [0.15, 0.2) is 0 Å². The van der Waals surface area contributed by atoms with Gasteiger partial charge in [-0.05, 0) is 30.2 Å². The third kappa shape index (κ3) is 2.43. The maximum Gasteiger partial charge on any atom is 0.416 e. The van der Waals surface area contributed by atoms with Crippen LogP contribution in [-0.4, -0.2) is 5.78 Å². The summed E-state index contributed by atoms with van der Waals surface area (Å²) >= 11 is 0. The highest BCUT2D eigenvalue weighted by Gasteiger charge is 2.46. The second kappa shape index (κ2) is 4.97. The third-order valence-electron chi connectivity index (χ3n) is 4.37. The minimum absolute atomic E-state index is 0.139. The lowest BCUT2D eigenvalue weighted by atomic mass is 9.60. The Kier molecular flexibility index (Phi) is 3.35.